The lowest BCUT2D eigenvalue weighted by atomic mass is 9.95. The van der Waals surface area contributed by atoms with Gasteiger partial charge in [-0.2, -0.15) is 0 Å². The van der Waals surface area contributed by atoms with Crippen LogP contribution in [0.1, 0.15) is 159 Å². The number of rotatable bonds is 33. The highest BCUT2D eigenvalue weighted by atomic mass is 35.5. The van der Waals surface area contributed by atoms with Crippen molar-refractivity contribution < 1.29 is 77.0 Å². The van der Waals surface area contributed by atoms with Gasteiger partial charge in [-0.1, -0.05) is 30.3 Å². The molecule has 0 bridgehead atoms. The standard InChI is InChI=1S/C94H97ClN26O16/c1-50(122)99-54-27-72(114(5)40-54)88(131)107-61-34-78(120(11)47-61)93(136)109-63-36-77(119(10)49-63)92(135)106-60-33-71(113(4)46-60)86(129)98-24-21-82(126)102-57-30-75(117(8)43-57)89(132)104-58-31-69(111(2)44-58)84(127)96-22-14-17-80(124)100-55-28-74(116(7)41-55)90(133)108-62-35-76(118(9)48-62)91(134)105-59-32-70(112(3)45-59)85(128)97-23-20-81(125)101-56-29-73(115(6)42-56)87(130)103-53-19-18-51-25-67(110-66(51)26-53)94(137)121-39-52(38-95)83-65-16-13-12-15-64(65)79(123)37-68(83)121/h12-13,15-16,18-19,25-37,40-49,52,110,123H,14,17,20-24,38-39H2,1-11H3,(H,96,127)(H,97,128)(H,98,129)(H,99,122)(H,100,124)(H,101,125)(H,102,126)(H,103,130)(H,104,132)(H,105,134)(H,106,135)(H,107,131)(H,108,133)(H,109,136). The van der Waals surface area contributed by atoms with Gasteiger partial charge in [0.05, 0.1) is 62.6 Å². The van der Waals surface area contributed by atoms with Gasteiger partial charge in [-0.15, -0.1) is 11.6 Å². The summed E-state index contributed by atoms with van der Waals surface area (Å²) >= 11 is 6.43. The Labute approximate surface area is 785 Å². The average molecular weight is 1880 g/mol. The Morgan fingerprint density at radius 1 is 0.336 bits per heavy atom. The first kappa shape index (κ1) is 94.1. The van der Waals surface area contributed by atoms with Gasteiger partial charge in [0.2, 0.25) is 23.6 Å². The number of nitrogens with one attached hydrogen (secondary N) is 15. The van der Waals surface area contributed by atoms with Gasteiger partial charge in [-0.05, 0) is 96.2 Å². The fourth-order valence-corrected chi connectivity index (χ4v) is 16.6. The number of carbonyl (C=O) groups excluding carboxylic acids is 15. The van der Waals surface area contributed by atoms with Gasteiger partial charge in [0, 0.05) is 225 Å². The Hall–Kier alpha value is -17.6. The number of alkyl halides is 1. The van der Waals surface area contributed by atoms with Crippen molar-refractivity contribution in [3.63, 3.8) is 0 Å². The molecule has 0 saturated carbocycles. The minimum Gasteiger partial charge on any atom is -0.507 e. The number of anilines is 12. The Morgan fingerprint density at radius 2 is 0.628 bits per heavy atom. The molecule has 1 aliphatic heterocycles. The summed E-state index contributed by atoms with van der Waals surface area (Å²) in [7, 11) is 16.2. The first-order chi connectivity index (χ1) is 65.3. The first-order valence-corrected chi connectivity index (χ1v) is 43.5. The fraction of sp³-hybridized carbons (Fsp3) is 0.223. The second-order valence-corrected chi connectivity index (χ2v) is 33.6. The lowest BCUT2D eigenvalue weighted by molar-refractivity contribution is -0.117. The van der Waals surface area contributed by atoms with Crippen molar-refractivity contribution in [3.05, 3.63) is 245 Å². The van der Waals surface area contributed by atoms with Crippen molar-refractivity contribution >= 4 is 190 Å². The molecule has 12 heterocycles. The summed E-state index contributed by atoms with van der Waals surface area (Å²) in [6, 6.07) is 30.8. The molecule has 15 rings (SSSR count). The van der Waals surface area contributed by atoms with Gasteiger partial charge in [-0.3, -0.25) is 71.9 Å². The zero-order chi connectivity index (χ0) is 97.8. The number of H-pyrrole nitrogens is 1. The summed E-state index contributed by atoms with van der Waals surface area (Å²) in [6.07, 6.45) is 15.4. The SMILES string of the molecule is CC(=O)Nc1cc(C(=O)Nc2cc(C(=O)Nc3cc(C(=O)Nc4cc(C(=O)NCCC(=O)Nc5cc(C(=O)Nc6cc(C(=O)NCCCC(=O)Nc7cc(C(=O)Nc8cc(C(=O)Nc9cc(C(=O)NCCC(=O)Nc%10cc(C(=O)Nc%11ccc%12cc(C(=O)N%13CC(CCl)c%14c%13cc(O)c%13ccccc%14%13)[nH]c%12c%11)n(C)c%10)n(C)c9)n(C)c8)n(C)c7)n(C)c6)n(C)c5)n(C)c4)n(C)c3)n(C)c2)n(C)c1. The highest BCUT2D eigenvalue weighted by Gasteiger charge is 2.36. The van der Waals surface area contributed by atoms with Gasteiger partial charge in [-0.25, -0.2) is 0 Å². The molecular formula is C94H97ClN26O16. The molecule has 15 amide bonds. The summed E-state index contributed by atoms with van der Waals surface area (Å²) in [6.45, 7) is 1.64. The molecule has 0 fully saturated rings. The zero-order valence-electron chi connectivity index (χ0n) is 76.1. The van der Waals surface area contributed by atoms with Crippen LogP contribution in [0.2, 0.25) is 0 Å². The van der Waals surface area contributed by atoms with Gasteiger partial charge in [0.25, 0.3) is 65.0 Å². The first-order valence-electron chi connectivity index (χ1n) is 43.0. The van der Waals surface area contributed by atoms with Crippen molar-refractivity contribution in [1.82, 2.24) is 66.6 Å². The Morgan fingerprint density at radius 3 is 0.956 bits per heavy atom. The second-order valence-electron chi connectivity index (χ2n) is 33.3. The number of aromatic amines is 1. The molecule has 0 spiro atoms. The fourth-order valence-electron chi connectivity index (χ4n) is 16.3. The number of aromatic hydroxyl groups is 1. The van der Waals surface area contributed by atoms with Crippen molar-refractivity contribution in [2.45, 2.75) is 38.5 Å². The minimum absolute atomic E-state index is 0.00798. The number of halogens is 1. The smallest absolute Gasteiger partial charge is 0.274 e. The third-order valence-corrected chi connectivity index (χ3v) is 23.3. The molecule has 11 aromatic heterocycles. The van der Waals surface area contributed by atoms with E-state index in [9.17, 15) is 77.0 Å². The maximum atomic E-state index is 14.1. The largest absolute Gasteiger partial charge is 0.507 e. The maximum Gasteiger partial charge on any atom is 0.274 e. The summed E-state index contributed by atoms with van der Waals surface area (Å²) < 4.78 is 15.2. The topological polar surface area (TPSA) is 513 Å². The maximum absolute atomic E-state index is 14.1. The zero-order valence-corrected chi connectivity index (χ0v) is 76.8. The number of phenols is 1. The molecule has 43 heteroatoms. The molecule has 1 aliphatic rings. The average Bonchev–Trinajstić information content (AvgIpc) is 1.59. The molecule has 0 radical (unpaired) electrons. The van der Waals surface area contributed by atoms with Crippen LogP contribution in [0.5, 0.6) is 5.75 Å². The summed E-state index contributed by atoms with van der Waals surface area (Å²) in [4.78, 5) is 205. The molecule has 16 N–H and O–H groups in total. The van der Waals surface area contributed by atoms with Crippen molar-refractivity contribution in [3.8, 4) is 5.75 Å². The quantitative estimate of drug-likeness (QED) is 0.0134. The number of fused-ring (bicyclic) bond motifs is 4. The van der Waals surface area contributed by atoms with E-state index >= 15 is 0 Å². The molecule has 14 aromatic rings. The third kappa shape index (κ3) is 21.2. The molecule has 0 aliphatic carbocycles. The highest BCUT2D eigenvalue weighted by molar-refractivity contribution is 6.20. The van der Waals surface area contributed by atoms with E-state index < -0.39 is 76.8 Å². The summed E-state index contributed by atoms with van der Waals surface area (Å²) in [5.74, 6) is -6.97. The van der Waals surface area contributed by atoms with Gasteiger partial charge in [0.1, 0.15) is 68.4 Å². The molecule has 706 valence electrons. The number of benzene rings is 3. The molecule has 137 heavy (non-hydrogen) atoms. The van der Waals surface area contributed by atoms with Crippen LogP contribution in [-0.2, 0) is 89.7 Å². The van der Waals surface area contributed by atoms with E-state index in [2.05, 4.69) is 79.4 Å². The number of nitrogens with zero attached hydrogens (tertiary/aromatic N) is 11. The van der Waals surface area contributed by atoms with E-state index in [4.69, 9.17) is 11.6 Å². The lowest BCUT2D eigenvalue weighted by Crippen LogP contribution is -2.30. The Balaban J connectivity index is 0.442. The lowest BCUT2D eigenvalue weighted by Gasteiger charge is -2.17. The number of phenolic OH excluding ortho intramolecular Hbond substituents is 1. The highest BCUT2D eigenvalue weighted by Crippen LogP contribution is 2.46. The normalized spacial score (nSPS) is 12.1. The molecule has 1 unspecified atom stereocenters. The van der Waals surface area contributed by atoms with Gasteiger partial charge in [0.15, 0.2) is 0 Å². The van der Waals surface area contributed by atoms with Crippen LogP contribution in [0.3, 0.4) is 0 Å². The number of hydrogen-bond acceptors (Lipinski definition) is 16. The van der Waals surface area contributed by atoms with E-state index in [0.29, 0.717) is 74.3 Å². The molecular weight excluding hydrogens is 1780 g/mol. The monoisotopic (exact) mass is 1880 g/mol. The van der Waals surface area contributed by atoms with Crippen LogP contribution in [0.4, 0.5) is 68.2 Å². The number of amides is 15. The summed E-state index contributed by atoms with van der Waals surface area (Å²) in [5.41, 5.74) is 7.88. The Bertz CT molecular complexity index is 7280. The predicted molar refractivity (Wildman–Crippen MR) is 515 cm³/mol. The van der Waals surface area contributed by atoms with Crippen LogP contribution in [-0.4, -0.2) is 176 Å². The van der Waals surface area contributed by atoms with Crippen molar-refractivity contribution in [2.24, 2.45) is 70.5 Å². The minimum atomic E-state index is -0.562. The van der Waals surface area contributed by atoms with Crippen molar-refractivity contribution in [1.29, 1.82) is 0 Å². The van der Waals surface area contributed by atoms with E-state index in [1.165, 1.54) is 129 Å². The van der Waals surface area contributed by atoms with Gasteiger partial charge >= 0.3 is 0 Å². The van der Waals surface area contributed by atoms with Crippen LogP contribution in [0, 0.1) is 0 Å². The molecule has 42 nitrogen and oxygen atoms in total. The number of aromatic nitrogens is 11. The molecule has 0 saturated heterocycles. The van der Waals surface area contributed by atoms with Crippen LogP contribution in [0.25, 0.3) is 21.7 Å². The second kappa shape index (κ2) is 39.4. The number of carbonyl (C=O) groups is 15. The molecule has 1 atom stereocenters. The summed E-state index contributed by atoms with van der Waals surface area (Å²) in [5, 5.41) is 51.7. The van der Waals surface area contributed by atoms with E-state index in [0.717, 1.165) is 16.3 Å². The molecule has 3 aromatic carbocycles. The number of hydrogen-bond donors (Lipinski definition) is 16. The van der Waals surface area contributed by atoms with E-state index in [1.807, 2.05) is 24.3 Å². The van der Waals surface area contributed by atoms with E-state index in [1.54, 1.807) is 152 Å². The predicted octanol–water partition coefficient (Wildman–Crippen LogP) is 9.78. The van der Waals surface area contributed by atoms with Crippen LogP contribution < -0.4 is 79.3 Å². The van der Waals surface area contributed by atoms with Crippen LogP contribution in [0.15, 0.2) is 177 Å². The van der Waals surface area contributed by atoms with Crippen molar-refractivity contribution in [2.75, 3.05) is 95.4 Å². The number of aryl methyl sites for hydroxylation is 10. The van der Waals surface area contributed by atoms with Crippen LogP contribution >= 0.6 is 11.6 Å². The van der Waals surface area contributed by atoms with E-state index in [-0.39, 0.29) is 149 Å². The third-order valence-electron chi connectivity index (χ3n) is 22.9. The Kier molecular flexibility index (Phi) is 27.1. The van der Waals surface area contributed by atoms with Gasteiger partial charge < -0.3 is 135 Å².